The van der Waals surface area contributed by atoms with E-state index in [0.717, 1.165) is 0 Å². The number of ether oxygens (including phenoxy) is 2. The van der Waals surface area contributed by atoms with Gasteiger partial charge in [-0.1, -0.05) is 5.92 Å². The maximum Gasteiger partial charge on any atom is 0.276 e. The Hall–Kier alpha value is -2.75. The van der Waals surface area contributed by atoms with Crippen molar-refractivity contribution in [3.63, 3.8) is 0 Å². The molecular weight excluding hydrogens is 300 g/mol. The molecule has 0 aliphatic heterocycles. The van der Waals surface area contributed by atoms with E-state index in [1.54, 1.807) is 6.07 Å². The van der Waals surface area contributed by atoms with Crippen LogP contribution < -0.4 is 14.8 Å². The molecule has 0 fully saturated rings. The molecule has 0 aliphatic carbocycles. The van der Waals surface area contributed by atoms with Gasteiger partial charge in [0.05, 0.1) is 31.3 Å². The Labute approximate surface area is 135 Å². The molecule has 0 spiro atoms. The minimum absolute atomic E-state index is 0.0671. The van der Waals surface area contributed by atoms with Crippen LogP contribution in [0.25, 0.3) is 0 Å². The van der Waals surface area contributed by atoms with Crippen LogP contribution in [0.2, 0.25) is 0 Å². The minimum Gasteiger partial charge on any atom is -0.493 e. The lowest BCUT2D eigenvalue weighted by Gasteiger charge is -2.12. The zero-order valence-corrected chi connectivity index (χ0v) is 13.0. The van der Waals surface area contributed by atoms with Gasteiger partial charge in [0.2, 0.25) is 5.91 Å². The second-order valence-electron chi connectivity index (χ2n) is 4.57. The summed E-state index contributed by atoms with van der Waals surface area (Å²) in [6.07, 6.45) is 6.01. The number of amides is 1. The number of rotatable bonds is 9. The van der Waals surface area contributed by atoms with Crippen molar-refractivity contribution < 1.29 is 19.2 Å². The van der Waals surface area contributed by atoms with Crippen LogP contribution in [0, 0.1) is 29.4 Å². The van der Waals surface area contributed by atoms with Gasteiger partial charge in [-0.25, -0.2) is 0 Å². The summed E-state index contributed by atoms with van der Waals surface area (Å²) in [6.45, 7) is 4.07. The van der Waals surface area contributed by atoms with Gasteiger partial charge in [0.25, 0.3) is 5.69 Å². The Balaban J connectivity index is 2.69. The number of nitrogens with one attached hydrogen (secondary N) is 1. The van der Waals surface area contributed by atoms with Gasteiger partial charge in [0.1, 0.15) is 0 Å². The van der Waals surface area contributed by atoms with E-state index in [0.29, 0.717) is 17.7 Å². The molecule has 0 saturated carbocycles. The van der Waals surface area contributed by atoms with Gasteiger partial charge < -0.3 is 14.8 Å². The quantitative estimate of drug-likeness (QED) is 0.325. The fourth-order valence-electron chi connectivity index (χ4n) is 1.89. The zero-order chi connectivity index (χ0) is 17.2. The van der Waals surface area contributed by atoms with Crippen LogP contribution in [0.1, 0.15) is 18.4 Å². The zero-order valence-electron chi connectivity index (χ0n) is 13.0. The van der Waals surface area contributed by atoms with Crippen molar-refractivity contribution in [1.82, 2.24) is 5.32 Å². The van der Waals surface area contributed by atoms with Crippen LogP contribution in [-0.2, 0) is 11.2 Å². The normalized spacial score (nSPS) is 9.78. The number of carbonyl (C=O) groups is 1. The number of hydrogen-bond acceptors (Lipinski definition) is 5. The lowest BCUT2D eigenvalue weighted by atomic mass is 10.1. The number of terminal acetylenes is 1. The van der Waals surface area contributed by atoms with E-state index < -0.39 is 4.92 Å². The van der Waals surface area contributed by atoms with Crippen molar-refractivity contribution >= 4 is 11.6 Å². The van der Waals surface area contributed by atoms with Gasteiger partial charge >= 0.3 is 0 Å². The molecule has 7 heteroatoms. The number of nitro benzene ring substituents is 1. The summed E-state index contributed by atoms with van der Waals surface area (Å²) in [6, 6.07) is 2.86. The molecule has 123 valence electrons. The highest BCUT2D eigenvalue weighted by molar-refractivity contribution is 5.76. The molecule has 1 radical (unpaired) electrons. The number of nitro groups is 1. The van der Waals surface area contributed by atoms with Crippen LogP contribution in [-0.4, -0.2) is 31.1 Å². The molecule has 1 amide bonds. The predicted molar refractivity (Wildman–Crippen MR) is 85.3 cm³/mol. The summed E-state index contributed by atoms with van der Waals surface area (Å²) in [5, 5.41) is 13.6. The number of benzene rings is 1. The maximum absolute atomic E-state index is 11.4. The third-order valence-corrected chi connectivity index (χ3v) is 3.02. The van der Waals surface area contributed by atoms with Gasteiger partial charge in [-0.2, -0.15) is 0 Å². The van der Waals surface area contributed by atoms with Crippen molar-refractivity contribution in [2.45, 2.75) is 19.3 Å². The summed E-state index contributed by atoms with van der Waals surface area (Å²) in [4.78, 5) is 22.0. The Bertz CT molecular complexity index is 607. The molecule has 1 N–H and O–H groups in total. The maximum atomic E-state index is 11.4. The first kappa shape index (κ1) is 18.3. The van der Waals surface area contributed by atoms with E-state index in [1.165, 1.54) is 13.2 Å². The second-order valence-corrected chi connectivity index (χ2v) is 4.57. The van der Waals surface area contributed by atoms with Gasteiger partial charge in [-0.3, -0.25) is 14.9 Å². The van der Waals surface area contributed by atoms with E-state index in [1.807, 2.05) is 0 Å². The van der Waals surface area contributed by atoms with Crippen molar-refractivity contribution in [2.24, 2.45) is 0 Å². The monoisotopic (exact) mass is 319 g/mol. The Morgan fingerprint density at radius 1 is 1.48 bits per heavy atom. The first-order valence-corrected chi connectivity index (χ1v) is 7.01. The van der Waals surface area contributed by atoms with E-state index in [-0.39, 0.29) is 43.3 Å². The summed E-state index contributed by atoms with van der Waals surface area (Å²) >= 11 is 0. The Kier molecular flexibility index (Phi) is 7.40. The summed E-state index contributed by atoms with van der Waals surface area (Å²) in [7, 11) is 1.45. The molecule has 1 aromatic carbocycles. The van der Waals surface area contributed by atoms with E-state index in [2.05, 4.69) is 18.2 Å². The molecule has 1 aromatic rings. The first-order valence-electron chi connectivity index (χ1n) is 7.01. The van der Waals surface area contributed by atoms with Crippen LogP contribution in [0.15, 0.2) is 12.1 Å². The van der Waals surface area contributed by atoms with Crippen LogP contribution in [0.4, 0.5) is 5.69 Å². The molecular formula is C16H19N2O5. The molecule has 0 atom stereocenters. The Morgan fingerprint density at radius 2 is 2.22 bits per heavy atom. The molecule has 1 rings (SSSR count). The summed E-state index contributed by atoms with van der Waals surface area (Å²) in [5.74, 6) is 2.80. The molecule has 0 aromatic heterocycles. The number of hydrogen-bond donors (Lipinski definition) is 1. The molecule has 0 aliphatic rings. The van der Waals surface area contributed by atoms with Gasteiger partial charge in [0, 0.05) is 12.0 Å². The standard InChI is InChI=1S/C16H19N2O5/c1-4-8-17-16(19)7-6-9-23-15-11-13(18(20)21)12(5-2)10-14(15)22-3/h1,10-11H,2,5-9H2,3H3,(H,17,19). The topological polar surface area (TPSA) is 90.7 Å². The SMILES string of the molecule is C#CCNC(=O)CCCOc1cc([N+](=O)[O-])c(C[CH2])cc1OC. The lowest BCUT2D eigenvalue weighted by Crippen LogP contribution is -2.23. The van der Waals surface area contributed by atoms with Crippen LogP contribution in [0.5, 0.6) is 11.5 Å². The highest BCUT2D eigenvalue weighted by atomic mass is 16.6. The van der Waals surface area contributed by atoms with E-state index in [4.69, 9.17) is 15.9 Å². The fourth-order valence-corrected chi connectivity index (χ4v) is 1.89. The number of nitrogens with zero attached hydrogens (tertiary/aromatic N) is 1. The predicted octanol–water partition coefficient (Wildman–Crippen LogP) is 1.89. The van der Waals surface area contributed by atoms with Crippen LogP contribution >= 0.6 is 0 Å². The average Bonchev–Trinajstić information content (AvgIpc) is 2.55. The van der Waals surface area contributed by atoms with Gasteiger partial charge in [0.15, 0.2) is 11.5 Å². The van der Waals surface area contributed by atoms with Crippen LogP contribution in [0.3, 0.4) is 0 Å². The van der Waals surface area contributed by atoms with Gasteiger partial charge in [-0.15, -0.1) is 6.42 Å². The van der Waals surface area contributed by atoms with E-state index >= 15 is 0 Å². The molecule has 0 unspecified atom stereocenters. The lowest BCUT2D eigenvalue weighted by molar-refractivity contribution is -0.385. The third-order valence-electron chi connectivity index (χ3n) is 3.02. The fraction of sp³-hybridized carbons (Fsp3) is 0.375. The average molecular weight is 319 g/mol. The van der Waals surface area contributed by atoms with Crippen molar-refractivity contribution in [2.75, 3.05) is 20.3 Å². The molecule has 0 saturated heterocycles. The number of methoxy groups -OCH3 is 1. The molecule has 0 heterocycles. The highest BCUT2D eigenvalue weighted by Crippen LogP contribution is 2.35. The summed E-state index contributed by atoms with van der Waals surface area (Å²) in [5.41, 5.74) is 0.399. The first-order chi connectivity index (χ1) is 11.0. The van der Waals surface area contributed by atoms with Crippen molar-refractivity contribution in [3.8, 4) is 23.8 Å². The van der Waals surface area contributed by atoms with Crippen molar-refractivity contribution in [1.29, 1.82) is 0 Å². The van der Waals surface area contributed by atoms with E-state index in [9.17, 15) is 14.9 Å². The second kappa shape index (κ2) is 9.30. The highest BCUT2D eigenvalue weighted by Gasteiger charge is 2.18. The smallest absolute Gasteiger partial charge is 0.276 e. The van der Waals surface area contributed by atoms with Gasteiger partial charge in [-0.05, 0) is 25.8 Å². The molecule has 7 nitrogen and oxygen atoms in total. The van der Waals surface area contributed by atoms with Crippen molar-refractivity contribution in [3.05, 3.63) is 34.7 Å². The summed E-state index contributed by atoms with van der Waals surface area (Å²) < 4.78 is 10.7. The molecule has 0 bridgehead atoms. The Morgan fingerprint density at radius 3 is 2.78 bits per heavy atom. The third kappa shape index (κ3) is 5.51. The molecule has 23 heavy (non-hydrogen) atoms. The number of carbonyl (C=O) groups excluding carboxylic acids is 1. The largest absolute Gasteiger partial charge is 0.493 e. The minimum atomic E-state index is -0.486.